The van der Waals surface area contributed by atoms with E-state index in [1.165, 1.54) is 77.0 Å². The van der Waals surface area contributed by atoms with Crippen LogP contribution in [0.2, 0.25) is 0 Å². The highest BCUT2D eigenvalue weighted by Gasteiger charge is 2.50. The van der Waals surface area contributed by atoms with Gasteiger partial charge in [-0.15, -0.1) is 0 Å². The lowest BCUT2D eigenvalue weighted by atomic mass is 9.67. The van der Waals surface area contributed by atoms with Gasteiger partial charge in [-0.2, -0.15) is 0 Å². The zero-order valence-corrected chi connectivity index (χ0v) is 39.4. The molecule has 0 saturated carbocycles. The minimum atomic E-state index is -0.702. The van der Waals surface area contributed by atoms with Crippen molar-refractivity contribution in [2.75, 3.05) is 0 Å². The third-order valence-electron chi connectivity index (χ3n) is 16.3. The van der Waals surface area contributed by atoms with E-state index >= 15 is 0 Å². The van der Waals surface area contributed by atoms with Crippen molar-refractivity contribution in [1.29, 1.82) is 0 Å². The van der Waals surface area contributed by atoms with E-state index in [-0.39, 0.29) is 0 Å². The fourth-order valence-corrected chi connectivity index (χ4v) is 13.2. The predicted molar refractivity (Wildman–Crippen MR) is 283 cm³/mol. The minimum Gasteiger partial charge on any atom is -0.341 e. The van der Waals surface area contributed by atoms with Gasteiger partial charge >= 0.3 is 0 Å². The van der Waals surface area contributed by atoms with Crippen molar-refractivity contribution in [3.63, 3.8) is 0 Å². The van der Waals surface area contributed by atoms with Crippen LogP contribution in [0.25, 0.3) is 88.6 Å². The fourth-order valence-electron chi connectivity index (χ4n) is 13.2. The molecule has 332 valence electrons. The highest BCUT2D eigenvalue weighted by atomic mass is 15.0. The van der Waals surface area contributed by atoms with E-state index in [1.54, 1.807) is 0 Å². The monoisotopic (exact) mass is 898 g/mol. The topological polar surface area (TPSA) is 61.4 Å². The van der Waals surface area contributed by atoms with Gasteiger partial charge in [-0.3, -0.25) is 19.9 Å². The molecule has 0 radical (unpaired) electrons. The van der Waals surface area contributed by atoms with Gasteiger partial charge in [-0.25, -0.2) is 0 Å². The molecule has 2 atom stereocenters. The van der Waals surface area contributed by atoms with Crippen LogP contribution in [0, 0.1) is 13.8 Å². The molecule has 6 aromatic carbocycles. The van der Waals surface area contributed by atoms with Gasteiger partial charge in [-0.05, 0) is 145 Å². The van der Waals surface area contributed by atoms with E-state index in [0.29, 0.717) is 0 Å². The molecule has 0 saturated heterocycles. The zero-order chi connectivity index (χ0) is 46.6. The normalized spacial score (nSPS) is 17.1. The summed E-state index contributed by atoms with van der Waals surface area (Å²) in [6.07, 6.45) is 7.96. The van der Waals surface area contributed by atoms with Crippen LogP contribution in [0.1, 0.15) is 69.5 Å². The maximum absolute atomic E-state index is 5.42. The van der Waals surface area contributed by atoms with Crippen LogP contribution in [-0.2, 0) is 23.9 Å². The first-order chi connectivity index (χ1) is 34.4. The van der Waals surface area contributed by atoms with Crippen LogP contribution < -0.4 is 0 Å². The molecule has 0 spiro atoms. The largest absolute Gasteiger partial charge is 0.341 e. The lowest BCUT2D eigenvalue weighted by Gasteiger charge is -2.34. The van der Waals surface area contributed by atoms with Gasteiger partial charge < -0.3 is 9.13 Å². The Morgan fingerprint density at radius 1 is 0.357 bits per heavy atom. The smallest absolute Gasteiger partial charge is 0.0937 e. The van der Waals surface area contributed by atoms with E-state index in [1.807, 2.05) is 12.4 Å². The number of fused-ring (bicyclic) bond motifs is 16. The zero-order valence-electron chi connectivity index (χ0n) is 39.4. The van der Waals surface area contributed by atoms with E-state index < -0.39 is 10.8 Å². The van der Waals surface area contributed by atoms with Crippen LogP contribution in [0.15, 0.2) is 183 Å². The summed E-state index contributed by atoms with van der Waals surface area (Å²) in [7, 11) is 0. The van der Waals surface area contributed by atoms with E-state index in [9.17, 15) is 0 Å². The van der Waals surface area contributed by atoms with Gasteiger partial charge in [0, 0.05) is 104 Å². The van der Waals surface area contributed by atoms with Crippen molar-refractivity contribution in [1.82, 2.24) is 29.1 Å². The Balaban J connectivity index is 1.12. The molecule has 6 heterocycles. The molecule has 0 N–H and O–H groups in total. The van der Waals surface area contributed by atoms with Crippen molar-refractivity contribution >= 4 is 43.6 Å². The average molecular weight is 899 g/mol. The van der Waals surface area contributed by atoms with E-state index in [4.69, 9.17) is 19.9 Å². The lowest BCUT2D eigenvalue weighted by molar-refractivity contribution is 0.765. The molecular weight excluding hydrogens is 853 g/mol. The van der Waals surface area contributed by atoms with Crippen molar-refractivity contribution in [2.24, 2.45) is 0 Å². The predicted octanol–water partition coefficient (Wildman–Crippen LogP) is 14.5. The second-order valence-corrected chi connectivity index (χ2v) is 19.7. The minimum absolute atomic E-state index is 0.702. The Labute approximate surface area is 405 Å². The summed E-state index contributed by atoms with van der Waals surface area (Å²) >= 11 is 0. The molecule has 15 rings (SSSR count). The number of hydrogen-bond donors (Lipinski definition) is 0. The average Bonchev–Trinajstić information content (AvgIpc) is 4.10. The molecule has 6 heteroatoms. The molecule has 0 unspecified atom stereocenters. The van der Waals surface area contributed by atoms with Crippen LogP contribution in [0.3, 0.4) is 0 Å². The maximum Gasteiger partial charge on any atom is 0.0937 e. The first kappa shape index (κ1) is 39.5. The summed E-state index contributed by atoms with van der Waals surface area (Å²) in [4.78, 5) is 21.1. The summed E-state index contributed by atoms with van der Waals surface area (Å²) < 4.78 is 4.92. The Morgan fingerprint density at radius 3 is 1.14 bits per heavy atom. The molecule has 6 aromatic heterocycles. The highest BCUT2D eigenvalue weighted by molar-refractivity contribution is 6.11. The number of hydrogen-bond acceptors (Lipinski definition) is 4. The van der Waals surface area contributed by atoms with Crippen LogP contribution in [0.5, 0.6) is 0 Å². The summed E-state index contributed by atoms with van der Waals surface area (Å²) in [6, 6.07) is 60.2. The molecule has 12 aromatic rings. The van der Waals surface area contributed by atoms with Gasteiger partial charge in [-0.1, -0.05) is 96.1 Å². The van der Waals surface area contributed by atoms with Gasteiger partial charge in [0.2, 0.25) is 0 Å². The molecule has 0 amide bonds. The summed E-state index contributed by atoms with van der Waals surface area (Å²) in [6.45, 7) is 10.5. The molecule has 0 aliphatic heterocycles. The van der Waals surface area contributed by atoms with Crippen LogP contribution >= 0.6 is 0 Å². The molecular formula is C64H46N6. The molecule has 3 aliphatic carbocycles. The first-order valence-corrected chi connectivity index (χ1v) is 24.6. The van der Waals surface area contributed by atoms with Gasteiger partial charge in [0.05, 0.1) is 33.6 Å². The fraction of sp³-hybridized carbons (Fsp3) is 0.125. The number of aromatic nitrogens is 6. The number of nitrogens with zero attached hydrogens (tertiary/aromatic N) is 6. The summed E-state index contributed by atoms with van der Waals surface area (Å²) in [5, 5.41) is 4.85. The Morgan fingerprint density at radius 2 is 0.729 bits per heavy atom. The molecule has 70 heavy (non-hydrogen) atoms. The highest BCUT2D eigenvalue weighted by Crippen LogP contribution is 2.58. The van der Waals surface area contributed by atoms with Crippen LogP contribution in [-0.4, -0.2) is 29.1 Å². The van der Waals surface area contributed by atoms with Gasteiger partial charge in [0.15, 0.2) is 0 Å². The summed E-state index contributed by atoms with van der Waals surface area (Å²) in [5.41, 5.74) is 23.3. The van der Waals surface area contributed by atoms with Crippen molar-refractivity contribution < 1.29 is 0 Å². The third kappa shape index (κ3) is 4.92. The Kier molecular flexibility index (Phi) is 7.93. The summed E-state index contributed by atoms with van der Waals surface area (Å²) in [5.74, 6) is 0. The first-order valence-electron chi connectivity index (χ1n) is 24.6. The number of pyridine rings is 4. The number of aryl methyl sites for hydroxylation is 4. The molecule has 3 aliphatic rings. The van der Waals surface area contributed by atoms with Crippen molar-refractivity contribution in [2.45, 2.75) is 51.6 Å². The number of rotatable bonds is 4. The maximum atomic E-state index is 5.42. The Hall–Kier alpha value is -8.48. The number of benzene rings is 6. The second kappa shape index (κ2) is 14.1. The van der Waals surface area contributed by atoms with Crippen molar-refractivity contribution in [3.05, 3.63) is 238 Å². The second-order valence-electron chi connectivity index (χ2n) is 19.7. The molecule has 6 nitrogen and oxygen atoms in total. The standard InChI is InChI=1S/C64H46N6/c1-5-69-55-23-15-39-29-47(55)49-33-45(21-25-57(49)69)63(43-17-11-37(3)12-18-43)51-9-7-27-65-59(51)61-53(63)32-42(36-68-61)40-16-24-56-48(30-40)50-34-46(22-26-58(50)70(56)6-2)64(44-19-13-38(4)14-20-44)52-10-8-28-66-60(52)62-54(64)31-41(39)35-67-62/h7-36H,5-6H2,1-4H3/t63-,64+. The van der Waals surface area contributed by atoms with Gasteiger partial charge in [0.25, 0.3) is 0 Å². The Bertz CT molecular complexity index is 3960. The molecule has 12 bridgehead atoms. The quantitative estimate of drug-likeness (QED) is 0.177. The third-order valence-corrected chi connectivity index (χ3v) is 16.3. The van der Waals surface area contributed by atoms with Gasteiger partial charge in [0.1, 0.15) is 0 Å². The lowest BCUT2D eigenvalue weighted by Crippen LogP contribution is -2.29. The SMILES string of the molecule is CCn1c2ccc3cc2c2cc(ccc21)[C@@]1(c2ccc(C)cc2)c2cccnc2-c2ncc(cc21)-c1ccc2c(c1)c1cc(ccc1n2CC)[C@]1(c2ccc(C)cc2)c2cccnc2-c2ncc-3cc21. The van der Waals surface area contributed by atoms with E-state index in [2.05, 4.69) is 207 Å². The molecule has 0 fully saturated rings. The van der Waals surface area contributed by atoms with Crippen molar-refractivity contribution in [3.8, 4) is 45.0 Å². The van der Waals surface area contributed by atoms with Crippen LogP contribution in [0.4, 0.5) is 0 Å². The van der Waals surface area contributed by atoms with E-state index in [0.717, 1.165) is 80.4 Å².